The van der Waals surface area contributed by atoms with Gasteiger partial charge in [0.25, 0.3) is 0 Å². The van der Waals surface area contributed by atoms with Crippen molar-refractivity contribution in [2.24, 2.45) is 17.4 Å². The molecule has 6 N–H and O–H groups in total. The molecule has 6 nitrogen and oxygen atoms in total. The summed E-state index contributed by atoms with van der Waals surface area (Å²) < 4.78 is 0. The van der Waals surface area contributed by atoms with Crippen molar-refractivity contribution in [1.82, 2.24) is 0 Å². The molecule has 0 aliphatic carbocycles. The average Bonchev–Trinajstić information content (AvgIpc) is 2.15. The molecule has 0 saturated carbocycles. The summed E-state index contributed by atoms with van der Waals surface area (Å²) in [5, 5.41) is 16.7. The first kappa shape index (κ1) is 16.8. The van der Waals surface area contributed by atoms with Crippen LogP contribution in [0.25, 0.3) is 0 Å². The van der Waals surface area contributed by atoms with Gasteiger partial charge in [-0.25, -0.2) is 0 Å². The molecule has 0 bridgehead atoms. The molecule has 2 atom stereocenters. The van der Waals surface area contributed by atoms with Crippen molar-refractivity contribution in [2.45, 2.75) is 31.3 Å². The molecule has 0 heterocycles. The molecule has 0 spiro atoms. The van der Waals surface area contributed by atoms with Crippen molar-refractivity contribution < 1.29 is 19.8 Å². The summed E-state index contributed by atoms with van der Waals surface area (Å²) in [7, 11) is 0. The molecule has 0 fully saturated rings. The van der Waals surface area contributed by atoms with Crippen LogP contribution in [0.2, 0.25) is 5.32 Å². The molecule has 0 aliphatic rings. The van der Waals surface area contributed by atoms with E-state index in [9.17, 15) is 9.59 Å². The maximum atomic E-state index is 10.0. The van der Waals surface area contributed by atoms with E-state index in [1.165, 1.54) is 0 Å². The summed E-state index contributed by atoms with van der Waals surface area (Å²) in [6.45, 7) is 3.55. The van der Waals surface area contributed by atoms with Crippen LogP contribution in [0, 0.1) is 5.92 Å². The van der Waals surface area contributed by atoms with Crippen LogP contribution in [0.4, 0.5) is 0 Å². The third kappa shape index (κ3) is 9.68. The summed E-state index contributed by atoms with van der Waals surface area (Å²) in [5.41, 5.74) is 10.2. The number of carboxylic acid groups (broad SMARTS) is 2. The summed E-state index contributed by atoms with van der Waals surface area (Å²) in [6.07, 6.45) is 0. The van der Waals surface area contributed by atoms with Crippen molar-refractivity contribution in [3.05, 3.63) is 0 Å². The second-order valence-electron chi connectivity index (χ2n) is 3.24. The molecule has 0 saturated heterocycles. The average molecular weight is 285 g/mol. The van der Waals surface area contributed by atoms with Crippen molar-refractivity contribution in [1.29, 1.82) is 0 Å². The molecule has 15 heavy (non-hydrogen) atoms. The molecule has 0 rings (SSSR count). The Bertz CT molecular complexity index is 211. The monoisotopic (exact) mass is 286 g/mol. The second kappa shape index (κ2) is 8.67. The van der Waals surface area contributed by atoms with E-state index >= 15 is 0 Å². The summed E-state index contributed by atoms with van der Waals surface area (Å²) in [6, 6.07) is -1.42. The fraction of sp³-hybridized carbons (Fsp3) is 0.750. The number of rotatable bonds is 4. The summed E-state index contributed by atoms with van der Waals surface area (Å²) >= 11 is 2.13. The molecule has 90 valence electrons. The molecule has 0 amide bonds. The van der Waals surface area contributed by atoms with Crippen LogP contribution in [0.1, 0.15) is 13.8 Å². The minimum absolute atomic E-state index is 0.0208. The Morgan fingerprint density at radius 1 is 1.20 bits per heavy atom. The Morgan fingerprint density at radius 2 is 1.60 bits per heavy atom. The van der Waals surface area contributed by atoms with Crippen molar-refractivity contribution in [3.63, 3.8) is 0 Å². The van der Waals surface area contributed by atoms with E-state index in [1.807, 2.05) is 0 Å². The van der Waals surface area contributed by atoms with Gasteiger partial charge in [0, 0.05) is 0 Å². The van der Waals surface area contributed by atoms with Gasteiger partial charge in [-0.15, -0.1) is 0 Å². The maximum absolute atomic E-state index is 10.0. The summed E-state index contributed by atoms with van der Waals surface area (Å²) in [5.74, 6) is -1.85. The van der Waals surface area contributed by atoms with Crippen molar-refractivity contribution >= 4 is 28.0 Å². The first-order valence-corrected chi connectivity index (χ1v) is 5.64. The number of carboxylic acids is 2. The molecule has 7 heteroatoms. The van der Waals surface area contributed by atoms with Crippen molar-refractivity contribution in [3.8, 4) is 0 Å². The Balaban J connectivity index is 0. The molecular formula is C8H18N2O4Se. The second-order valence-corrected chi connectivity index (χ2v) is 4.00. The molecule has 0 aromatic heterocycles. The Morgan fingerprint density at radius 3 is 1.60 bits per heavy atom. The van der Waals surface area contributed by atoms with Crippen LogP contribution in [0.5, 0.6) is 0 Å². The fourth-order valence-corrected chi connectivity index (χ4v) is 0.691. The first-order chi connectivity index (χ1) is 6.73. The minimum atomic E-state index is -0.944. The molecule has 0 aromatic carbocycles. The van der Waals surface area contributed by atoms with Crippen LogP contribution in [-0.4, -0.2) is 50.2 Å². The fourth-order valence-electron chi connectivity index (χ4n) is 0.363. The molecule has 0 radical (unpaired) electrons. The van der Waals surface area contributed by atoms with E-state index in [-0.39, 0.29) is 5.92 Å². The zero-order valence-electron chi connectivity index (χ0n) is 8.75. The van der Waals surface area contributed by atoms with Crippen LogP contribution < -0.4 is 11.5 Å². The van der Waals surface area contributed by atoms with E-state index in [0.717, 1.165) is 0 Å². The van der Waals surface area contributed by atoms with Gasteiger partial charge < -0.3 is 10.8 Å². The number of aliphatic carboxylic acids is 2. The number of hydrogen-bond acceptors (Lipinski definition) is 4. The van der Waals surface area contributed by atoms with Gasteiger partial charge >= 0.3 is 54.9 Å². The standard InChI is InChI=1S/C5H11NO2.C3H7NO2Se/c1-3(2)4(6)5(7)8;4-2(1-7)3(5)6/h3-4H,6H2,1-2H3,(H,7,8);2,7H,1,4H2,(H,5,6)/t4-;2-/m00/s1. The predicted molar refractivity (Wildman–Crippen MR) is 58.0 cm³/mol. The zero-order valence-corrected chi connectivity index (χ0v) is 10.6. The Hall–Kier alpha value is -0.621. The van der Waals surface area contributed by atoms with E-state index in [0.29, 0.717) is 5.32 Å². The quantitative estimate of drug-likeness (QED) is 0.479. The van der Waals surface area contributed by atoms with Crippen LogP contribution in [-0.2, 0) is 9.59 Å². The van der Waals surface area contributed by atoms with Gasteiger partial charge in [-0.1, -0.05) is 13.8 Å². The van der Waals surface area contributed by atoms with E-state index in [4.69, 9.17) is 21.7 Å². The Kier molecular flexibility index (Phi) is 9.71. The van der Waals surface area contributed by atoms with Crippen molar-refractivity contribution in [2.75, 3.05) is 0 Å². The molecule has 0 aromatic rings. The molecule has 0 unspecified atom stereocenters. The molecule has 0 aliphatic heterocycles. The number of nitrogens with two attached hydrogens (primary N) is 2. The van der Waals surface area contributed by atoms with Gasteiger partial charge in [0.1, 0.15) is 6.04 Å². The van der Waals surface area contributed by atoms with Crippen LogP contribution >= 0.6 is 0 Å². The van der Waals surface area contributed by atoms with Gasteiger partial charge in [0.15, 0.2) is 0 Å². The van der Waals surface area contributed by atoms with Gasteiger partial charge in [-0.05, 0) is 5.92 Å². The van der Waals surface area contributed by atoms with Crippen LogP contribution in [0.3, 0.4) is 0 Å². The Labute approximate surface area is 96.8 Å². The third-order valence-electron chi connectivity index (χ3n) is 1.52. The van der Waals surface area contributed by atoms with Gasteiger partial charge in [0.2, 0.25) is 0 Å². The van der Waals surface area contributed by atoms with Crippen LogP contribution in [0.15, 0.2) is 0 Å². The first-order valence-electron chi connectivity index (χ1n) is 4.31. The SMILES string of the molecule is CC(C)[C@H](N)C(=O)O.N[C@@H](C[SeH])C(=O)O. The topological polar surface area (TPSA) is 127 Å². The van der Waals surface area contributed by atoms with E-state index < -0.39 is 24.0 Å². The summed E-state index contributed by atoms with van der Waals surface area (Å²) in [4.78, 5) is 19.8. The van der Waals surface area contributed by atoms with E-state index in [1.54, 1.807) is 13.8 Å². The predicted octanol–water partition coefficient (Wildman–Crippen LogP) is -1.23. The third-order valence-corrected chi connectivity index (χ3v) is 2.34. The molecular weight excluding hydrogens is 267 g/mol. The van der Waals surface area contributed by atoms with Gasteiger partial charge in [-0.3, -0.25) is 4.79 Å². The zero-order chi connectivity index (χ0) is 12.6. The van der Waals surface area contributed by atoms with Gasteiger partial charge in [0.05, 0.1) is 0 Å². The van der Waals surface area contributed by atoms with Gasteiger partial charge in [-0.2, -0.15) is 0 Å². The normalized spacial score (nSPS) is 13.7. The number of carbonyl (C=O) groups is 2. The van der Waals surface area contributed by atoms with E-state index in [2.05, 4.69) is 16.0 Å². The number of hydrogen-bond donors (Lipinski definition) is 4.